The van der Waals surface area contributed by atoms with E-state index in [-0.39, 0.29) is 11.9 Å². The number of hydrogen-bond acceptors (Lipinski definition) is 5. The van der Waals surface area contributed by atoms with Crippen molar-refractivity contribution in [3.05, 3.63) is 59.4 Å². The Hall–Kier alpha value is -2.51. The molecule has 0 bridgehead atoms. The molecule has 148 valence electrons. The fraction of sp³-hybridized carbons (Fsp3) is 0.381. The van der Waals surface area contributed by atoms with E-state index in [1.165, 1.54) is 16.9 Å². The maximum Gasteiger partial charge on any atom is 0.270 e. The molecule has 0 spiro atoms. The molecule has 3 aromatic rings. The summed E-state index contributed by atoms with van der Waals surface area (Å²) in [5.74, 6) is -0.128. The number of nitrogens with zero attached hydrogens (tertiary/aromatic N) is 4. The zero-order valence-corrected chi connectivity index (χ0v) is 17.4. The normalized spacial score (nSPS) is 12.3. The number of amides is 1. The first-order chi connectivity index (χ1) is 13.6. The van der Waals surface area contributed by atoms with Crippen LogP contribution < -0.4 is 5.32 Å². The van der Waals surface area contributed by atoms with Gasteiger partial charge in [0.15, 0.2) is 0 Å². The molecule has 0 fully saturated rings. The van der Waals surface area contributed by atoms with Gasteiger partial charge in [-0.15, -0.1) is 11.3 Å². The Morgan fingerprint density at radius 1 is 1.25 bits per heavy atom. The molecule has 0 unspecified atom stereocenters. The van der Waals surface area contributed by atoms with Gasteiger partial charge in [-0.2, -0.15) is 5.10 Å². The van der Waals surface area contributed by atoms with E-state index in [0.717, 1.165) is 30.1 Å². The molecule has 1 aromatic carbocycles. The van der Waals surface area contributed by atoms with Gasteiger partial charge in [-0.05, 0) is 25.1 Å². The van der Waals surface area contributed by atoms with Gasteiger partial charge in [0.05, 0.1) is 6.20 Å². The van der Waals surface area contributed by atoms with Crippen molar-refractivity contribution in [1.82, 2.24) is 25.0 Å². The average Bonchev–Trinajstić information content (AvgIpc) is 3.36. The quantitative estimate of drug-likeness (QED) is 0.602. The molecule has 0 saturated heterocycles. The molecule has 0 saturated carbocycles. The number of thiazole rings is 1. The van der Waals surface area contributed by atoms with Crippen LogP contribution in [0.4, 0.5) is 0 Å². The van der Waals surface area contributed by atoms with Gasteiger partial charge in [0.2, 0.25) is 0 Å². The van der Waals surface area contributed by atoms with Crippen LogP contribution in [0.25, 0.3) is 10.6 Å². The second kappa shape index (κ2) is 9.61. The van der Waals surface area contributed by atoms with Crippen molar-refractivity contribution in [2.75, 3.05) is 19.6 Å². The number of hydrogen-bond donors (Lipinski definition) is 1. The minimum Gasteiger partial charge on any atom is -0.349 e. The number of carbonyl (C=O) groups is 1. The van der Waals surface area contributed by atoms with E-state index in [9.17, 15) is 4.79 Å². The summed E-state index contributed by atoms with van der Waals surface area (Å²) in [6.07, 6.45) is 4.56. The van der Waals surface area contributed by atoms with Crippen molar-refractivity contribution in [2.45, 2.75) is 26.3 Å². The average molecular weight is 398 g/mol. The molecule has 1 N–H and O–H groups in total. The summed E-state index contributed by atoms with van der Waals surface area (Å²) in [6, 6.07) is 10.7. The molecule has 1 atom stereocenters. The minimum atomic E-state index is -0.128. The van der Waals surface area contributed by atoms with Gasteiger partial charge in [-0.1, -0.05) is 44.2 Å². The third-order valence-corrected chi connectivity index (χ3v) is 5.72. The first-order valence-corrected chi connectivity index (χ1v) is 10.5. The van der Waals surface area contributed by atoms with Crippen molar-refractivity contribution in [3.63, 3.8) is 0 Å². The maximum absolute atomic E-state index is 12.6. The van der Waals surface area contributed by atoms with E-state index in [1.807, 2.05) is 19.3 Å². The van der Waals surface area contributed by atoms with E-state index in [2.05, 4.69) is 58.4 Å². The summed E-state index contributed by atoms with van der Waals surface area (Å²) in [5, 5.41) is 9.86. The highest BCUT2D eigenvalue weighted by Crippen LogP contribution is 2.22. The van der Waals surface area contributed by atoms with Crippen LogP contribution in [0.5, 0.6) is 0 Å². The van der Waals surface area contributed by atoms with E-state index in [1.54, 1.807) is 16.3 Å². The van der Waals surface area contributed by atoms with Crippen molar-refractivity contribution in [1.29, 1.82) is 0 Å². The Morgan fingerprint density at radius 2 is 2.00 bits per heavy atom. The predicted octanol–water partition coefficient (Wildman–Crippen LogP) is 3.23. The molecule has 0 aliphatic heterocycles. The van der Waals surface area contributed by atoms with E-state index < -0.39 is 0 Å². The van der Waals surface area contributed by atoms with Gasteiger partial charge in [0.1, 0.15) is 10.7 Å². The lowest BCUT2D eigenvalue weighted by molar-refractivity contribution is 0.0930. The summed E-state index contributed by atoms with van der Waals surface area (Å²) in [5.41, 5.74) is 2.67. The van der Waals surface area contributed by atoms with Crippen molar-refractivity contribution < 1.29 is 4.79 Å². The molecule has 2 heterocycles. The first kappa shape index (κ1) is 20.2. The van der Waals surface area contributed by atoms with Crippen molar-refractivity contribution >= 4 is 17.2 Å². The molecule has 0 radical (unpaired) electrons. The highest BCUT2D eigenvalue weighted by Gasteiger charge is 2.19. The van der Waals surface area contributed by atoms with E-state index in [0.29, 0.717) is 12.2 Å². The predicted molar refractivity (Wildman–Crippen MR) is 114 cm³/mol. The third-order valence-electron chi connectivity index (χ3n) is 4.83. The summed E-state index contributed by atoms with van der Waals surface area (Å²) < 4.78 is 1.73. The van der Waals surface area contributed by atoms with Gasteiger partial charge >= 0.3 is 0 Å². The summed E-state index contributed by atoms with van der Waals surface area (Å²) in [7, 11) is 1.87. The highest BCUT2D eigenvalue weighted by atomic mass is 32.1. The fourth-order valence-corrected chi connectivity index (χ4v) is 4.08. The maximum atomic E-state index is 12.6. The monoisotopic (exact) mass is 397 g/mol. The molecule has 6 nitrogen and oxygen atoms in total. The molecular weight excluding hydrogens is 370 g/mol. The van der Waals surface area contributed by atoms with Crippen LogP contribution in [0.3, 0.4) is 0 Å². The van der Waals surface area contributed by atoms with Crippen LogP contribution in [-0.2, 0) is 13.5 Å². The second-order valence-electron chi connectivity index (χ2n) is 6.72. The Kier molecular flexibility index (Phi) is 6.95. The zero-order valence-electron chi connectivity index (χ0n) is 16.6. The standard InChI is InChI=1S/C21H27N5OS/c1-4-26(5-2)18(11-16-9-7-6-8-10-16)13-22-20(27)19-15-28-21(24-19)17-12-23-25(3)14-17/h6-10,12,14-15,18H,4-5,11,13H2,1-3H3,(H,22,27)/t18-/m0/s1. The first-order valence-electron chi connectivity index (χ1n) is 9.61. The second-order valence-corrected chi connectivity index (χ2v) is 7.57. The van der Waals surface area contributed by atoms with Crippen molar-refractivity contribution in [3.8, 4) is 10.6 Å². The Morgan fingerprint density at radius 3 is 2.64 bits per heavy atom. The summed E-state index contributed by atoms with van der Waals surface area (Å²) >= 11 is 1.46. The molecule has 0 aliphatic rings. The Bertz CT molecular complexity index is 885. The lowest BCUT2D eigenvalue weighted by Gasteiger charge is -2.30. The van der Waals surface area contributed by atoms with Crippen LogP contribution in [0.2, 0.25) is 0 Å². The highest BCUT2D eigenvalue weighted by molar-refractivity contribution is 7.13. The SMILES string of the molecule is CCN(CC)[C@H](CNC(=O)c1csc(-c2cnn(C)c2)n1)Cc1ccccc1. The molecular formula is C21H27N5OS. The summed E-state index contributed by atoms with van der Waals surface area (Å²) in [6.45, 7) is 6.81. The topological polar surface area (TPSA) is 63.1 Å². The number of likely N-dealkylation sites (N-methyl/N-ethyl adjacent to an activating group) is 1. The molecule has 3 rings (SSSR count). The number of carbonyl (C=O) groups excluding carboxylic acids is 1. The number of aromatic nitrogens is 3. The minimum absolute atomic E-state index is 0.128. The smallest absolute Gasteiger partial charge is 0.270 e. The van der Waals surface area contributed by atoms with E-state index in [4.69, 9.17) is 0 Å². The summed E-state index contributed by atoms with van der Waals surface area (Å²) in [4.78, 5) is 19.5. The van der Waals surface area contributed by atoms with Crippen LogP contribution in [0.15, 0.2) is 48.1 Å². The Balaban J connectivity index is 1.65. The largest absolute Gasteiger partial charge is 0.349 e. The van der Waals surface area contributed by atoms with Crippen LogP contribution in [0, 0.1) is 0 Å². The molecule has 1 amide bonds. The third kappa shape index (κ3) is 5.05. The van der Waals surface area contributed by atoms with Crippen LogP contribution in [-0.4, -0.2) is 51.2 Å². The van der Waals surface area contributed by atoms with Crippen LogP contribution >= 0.6 is 11.3 Å². The molecule has 7 heteroatoms. The van der Waals surface area contributed by atoms with Gasteiger partial charge in [0, 0.05) is 36.8 Å². The van der Waals surface area contributed by atoms with Gasteiger partial charge in [-0.25, -0.2) is 4.98 Å². The lowest BCUT2D eigenvalue weighted by atomic mass is 10.0. The fourth-order valence-electron chi connectivity index (χ4n) is 3.30. The number of benzene rings is 1. The zero-order chi connectivity index (χ0) is 19.9. The van der Waals surface area contributed by atoms with Crippen LogP contribution in [0.1, 0.15) is 29.9 Å². The number of nitrogens with one attached hydrogen (secondary N) is 1. The van der Waals surface area contributed by atoms with E-state index >= 15 is 0 Å². The van der Waals surface area contributed by atoms with Gasteiger partial charge < -0.3 is 5.32 Å². The van der Waals surface area contributed by atoms with Crippen molar-refractivity contribution in [2.24, 2.45) is 7.05 Å². The number of aryl methyl sites for hydroxylation is 1. The molecule has 2 aromatic heterocycles. The van der Waals surface area contributed by atoms with Gasteiger partial charge in [0.25, 0.3) is 5.91 Å². The van der Waals surface area contributed by atoms with Gasteiger partial charge in [-0.3, -0.25) is 14.4 Å². The number of rotatable bonds is 9. The lowest BCUT2D eigenvalue weighted by Crippen LogP contribution is -2.45. The molecule has 28 heavy (non-hydrogen) atoms. The Labute approximate surface area is 170 Å². The molecule has 0 aliphatic carbocycles.